The van der Waals surface area contributed by atoms with Crippen LogP contribution >= 0.6 is 0 Å². The maximum absolute atomic E-state index is 12.2. The molecule has 0 atom stereocenters. The standard InChI is InChI=1S/C18H21NO3/c1-11(2)8-19-9-15-16(21-10-19)7-6-13-12-4-3-5-14(12)18(20)22-17(13)15/h6-7,11H,3-5,8-10H2,1-2H3. The summed E-state index contributed by atoms with van der Waals surface area (Å²) in [5.74, 6) is 1.44. The topological polar surface area (TPSA) is 42.7 Å². The van der Waals surface area contributed by atoms with Gasteiger partial charge in [0.2, 0.25) is 0 Å². The first-order valence-corrected chi connectivity index (χ1v) is 8.09. The second-order valence-corrected chi connectivity index (χ2v) is 6.80. The summed E-state index contributed by atoms with van der Waals surface area (Å²) < 4.78 is 11.6. The average Bonchev–Trinajstić information content (AvgIpc) is 2.97. The zero-order chi connectivity index (χ0) is 15.3. The van der Waals surface area contributed by atoms with Gasteiger partial charge in [-0.3, -0.25) is 4.90 Å². The van der Waals surface area contributed by atoms with Gasteiger partial charge >= 0.3 is 5.63 Å². The number of hydrogen-bond donors (Lipinski definition) is 0. The number of rotatable bonds is 2. The highest BCUT2D eigenvalue weighted by molar-refractivity contribution is 5.86. The Morgan fingerprint density at radius 3 is 2.82 bits per heavy atom. The van der Waals surface area contributed by atoms with Gasteiger partial charge in [0.15, 0.2) is 0 Å². The minimum absolute atomic E-state index is 0.158. The largest absolute Gasteiger partial charge is 0.478 e. The van der Waals surface area contributed by atoms with Gasteiger partial charge in [0, 0.05) is 24.0 Å². The van der Waals surface area contributed by atoms with Crippen molar-refractivity contribution in [1.82, 2.24) is 4.90 Å². The molecule has 0 bridgehead atoms. The van der Waals surface area contributed by atoms with E-state index in [0.29, 0.717) is 12.6 Å². The molecule has 0 amide bonds. The Hall–Kier alpha value is -1.81. The SMILES string of the molecule is CC(C)CN1COc2ccc3c4c(c(=O)oc3c2C1)CCC4. The molecule has 0 N–H and O–H groups in total. The normalized spacial score (nSPS) is 17.6. The molecule has 22 heavy (non-hydrogen) atoms. The summed E-state index contributed by atoms with van der Waals surface area (Å²) in [4.78, 5) is 14.5. The fourth-order valence-electron chi connectivity index (χ4n) is 3.73. The summed E-state index contributed by atoms with van der Waals surface area (Å²) in [6.45, 7) is 6.76. The van der Waals surface area contributed by atoms with Crippen molar-refractivity contribution in [3.05, 3.63) is 39.2 Å². The second kappa shape index (κ2) is 5.13. The van der Waals surface area contributed by atoms with Crippen molar-refractivity contribution >= 4 is 11.0 Å². The van der Waals surface area contributed by atoms with E-state index in [1.807, 2.05) is 6.07 Å². The van der Waals surface area contributed by atoms with E-state index in [1.54, 1.807) is 0 Å². The highest BCUT2D eigenvalue weighted by Gasteiger charge is 2.25. The van der Waals surface area contributed by atoms with E-state index in [4.69, 9.17) is 9.15 Å². The zero-order valence-electron chi connectivity index (χ0n) is 13.1. The minimum Gasteiger partial charge on any atom is -0.478 e. The van der Waals surface area contributed by atoms with E-state index in [0.717, 1.165) is 60.2 Å². The number of aryl methyl sites for hydroxylation is 1. The predicted molar refractivity (Wildman–Crippen MR) is 85.3 cm³/mol. The molecule has 4 heteroatoms. The van der Waals surface area contributed by atoms with Crippen molar-refractivity contribution in [1.29, 1.82) is 0 Å². The first-order chi connectivity index (χ1) is 10.6. The summed E-state index contributed by atoms with van der Waals surface area (Å²) >= 11 is 0. The van der Waals surface area contributed by atoms with Crippen LogP contribution in [0.15, 0.2) is 21.3 Å². The van der Waals surface area contributed by atoms with E-state index < -0.39 is 0 Å². The Morgan fingerprint density at radius 1 is 1.18 bits per heavy atom. The zero-order valence-corrected chi connectivity index (χ0v) is 13.1. The van der Waals surface area contributed by atoms with Crippen LogP contribution in [0.25, 0.3) is 11.0 Å². The fourth-order valence-corrected chi connectivity index (χ4v) is 3.73. The quantitative estimate of drug-likeness (QED) is 0.799. The van der Waals surface area contributed by atoms with Gasteiger partial charge in [-0.15, -0.1) is 0 Å². The fraction of sp³-hybridized carbons (Fsp3) is 0.500. The van der Waals surface area contributed by atoms with Gasteiger partial charge in [0.1, 0.15) is 18.1 Å². The van der Waals surface area contributed by atoms with Crippen molar-refractivity contribution < 1.29 is 9.15 Å². The third-order valence-corrected chi connectivity index (χ3v) is 4.61. The lowest BCUT2D eigenvalue weighted by molar-refractivity contribution is 0.0848. The van der Waals surface area contributed by atoms with Crippen LogP contribution in [-0.2, 0) is 19.4 Å². The molecule has 4 rings (SSSR count). The Labute approximate surface area is 129 Å². The van der Waals surface area contributed by atoms with E-state index in [-0.39, 0.29) is 5.63 Å². The molecule has 1 aromatic heterocycles. The summed E-state index contributed by atoms with van der Waals surface area (Å²) in [6.07, 6.45) is 2.87. The van der Waals surface area contributed by atoms with E-state index in [1.165, 1.54) is 5.56 Å². The molecule has 1 aromatic carbocycles. The highest BCUT2D eigenvalue weighted by atomic mass is 16.5. The molecule has 116 valence electrons. The molecule has 4 nitrogen and oxygen atoms in total. The first kappa shape index (κ1) is 13.8. The molecule has 2 aliphatic rings. The van der Waals surface area contributed by atoms with Gasteiger partial charge in [0.25, 0.3) is 0 Å². The molecule has 1 aliphatic heterocycles. The smallest absolute Gasteiger partial charge is 0.339 e. The molecule has 0 radical (unpaired) electrons. The van der Waals surface area contributed by atoms with Crippen LogP contribution < -0.4 is 10.4 Å². The van der Waals surface area contributed by atoms with Gasteiger partial charge in [-0.05, 0) is 42.9 Å². The molecule has 2 aromatic rings. The number of benzene rings is 1. The third-order valence-electron chi connectivity index (χ3n) is 4.61. The lowest BCUT2D eigenvalue weighted by atomic mass is 10.0. The summed E-state index contributed by atoms with van der Waals surface area (Å²) in [5, 5.41) is 1.10. The van der Waals surface area contributed by atoms with Crippen LogP contribution in [-0.4, -0.2) is 18.2 Å². The van der Waals surface area contributed by atoms with Gasteiger partial charge in [-0.2, -0.15) is 0 Å². The third kappa shape index (κ3) is 2.13. The number of fused-ring (bicyclic) bond motifs is 5. The van der Waals surface area contributed by atoms with Gasteiger partial charge in [0.05, 0.1) is 5.56 Å². The molecule has 0 spiro atoms. The van der Waals surface area contributed by atoms with Crippen LogP contribution in [0, 0.1) is 5.92 Å². The van der Waals surface area contributed by atoms with Crippen LogP contribution in [0.1, 0.15) is 37.0 Å². The Balaban J connectivity index is 1.86. The molecule has 0 unspecified atom stereocenters. The van der Waals surface area contributed by atoms with E-state index in [9.17, 15) is 4.79 Å². The highest BCUT2D eigenvalue weighted by Crippen LogP contribution is 2.36. The van der Waals surface area contributed by atoms with Crippen molar-refractivity contribution in [2.75, 3.05) is 13.3 Å². The van der Waals surface area contributed by atoms with Crippen LogP contribution in [0.4, 0.5) is 0 Å². The summed E-state index contributed by atoms with van der Waals surface area (Å²) in [6, 6.07) is 4.09. The lowest BCUT2D eigenvalue weighted by Gasteiger charge is -2.30. The Bertz CT molecular complexity index is 791. The average molecular weight is 299 g/mol. The van der Waals surface area contributed by atoms with Crippen LogP contribution in [0.5, 0.6) is 5.75 Å². The monoisotopic (exact) mass is 299 g/mol. The van der Waals surface area contributed by atoms with Crippen molar-refractivity contribution in [3.8, 4) is 5.75 Å². The van der Waals surface area contributed by atoms with Crippen molar-refractivity contribution in [2.24, 2.45) is 5.92 Å². The number of nitrogens with zero attached hydrogens (tertiary/aromatic N) is 1. The molecule has 2 heterocycles. The first-order valence-electron chi connectivity index (χ1n) is 8.09. The van der Waals surface area contributed by atoms with Crippen molar-refractivity contribution in [2.45, 2.75) is 39.7 Å². The minimum atomic E-state index is -0.158. The van der Waals surface area contributed by atoms with Gasteiger partial charge in [-0.25, -0.2) is 4.79 Å². The molecule has 0 saturated heterocycles. The van der Waals surface area contributed by atoms with E-state index >= 15 is 0 Å². The molecular formula is C18H21NO3. The summed E-state index contributed by atoms with van der Waals surface area (Å²) in [5.41, 5.74) is 3.67. The van der Waals surface area contributed by atoms with Crippen LogP contribution in [0.2, 0.25) is 0 Å². The van der Waals surface area contributed by atoms with Crippen LogP contribution in [0.3, 0.4) is 0 Å². The molecule has 1 aliphatic carbocycles. The summed E-state index contributed by atoms with van der Waals surface area (Å²) in [7, 11) is 0. The Kier molecular flexibility index (Phi) is 3.22. The van der Waals surface area contributed by atoms with Crippen molar-refractivity contribution in [3.63, 3.8) is 0 Å². The lowest BCUT2D eigenvalue weighted by Crippen LogP contribution is -2.34. The second-order valence-electron chi connectivity index (χ2n) is 6.80. The predicted octanol–water partition coefficient (Wildman–Crippen LogP) is 3.09. The maximum atomic E-state index is 12.2. The number of hydrogen-bond acceptors (Lipinski definition) is 4. The molecule has 0 fully saturated rings. The maximum Gasteiger partial charge on any atom is 0.339 e. The van der Waals surface area contributed by atoms with Gasteiger partial charge in [-0.1, -0.05) is 13.8 Å². The van der Waals surface area contributed by atoms with Gasteiger partial charge < -0.3 is 9.15 Å². The molecular weight excluding hydrogens is 278 g/mol. The molecule has 0 saturated carbocycles. The number of ether oxygens (including phenoxy) is 1. The van der Waals surface area contributed by atoms with E-state index in [2.05, 4.69) is 24.8 Å². The Morgan fingerprint density at radius 2 is 2.00 bits per heavy atom.